The van der Waals surface area contributed by atoms with Crippen molar-refractivity contribution in [2.24, 2.45) is 4.99 Å². The number of hydrogen-bond acceptors (Lipinski definition) is 4. The van der Waals surface area contributed by atoms with Gasteiger partial charge in [0.15, 0.2) is 5.96 Å². The molecule has 1 fully saturated rings. The molecule has 0 aliphatic carbocycles. The van der Waals surface area contributed by atoms with Crippen molar-refractivity contribution in [3.05, 3.63) is 21.9 Å². The SMILES string of the molecule is CN=C(NCC1CN(C)CCN1C)NC(C)Cc1ccc(C)s1.I. The van der Waals surface area contributed by atoms with Gasteiger partial charge in [-0.1, -0.05) is 0 Å². The maximum atomic E-state index is 4.37. The third-order valence-electron chi connectivity index (χ3n) is 4.40. The lowest BCUT2D eigenvalue weighted by molar-refractivity contribution is 0.116. The fourth-order valence-corrected chi connectivity index (χ4v) is 3.93. The summed E-state index contributed by atoms with van der Waals surface area (Å²) >= 11 is 1.87. The summed E-state index contributed by atoms with van der Waals surface area (Å²) in [5.41, 5.74) is 0. The van der Waals surface area contributed by atoms with Crippen molar-refractivity contribution in [3.8, 4) is 0 Å². The van der Waals surface area contributed by atoms with Gasteiger partial charge in [-0.25, -0.2) is 0 Å². The van der Waals surface area contributed by atoms with Crippen LogP contribution in [0, 0.1) is 6.92 Å². The number of rotatable bonds is 5. The fraction of sp³-hybridized carbons (Fsp3) is 0.706. The quantitative estimate of drug-likeness (QED) is 0.397. The number of hydrogen-bond donors (Lipinski definition) is 2. The largest absolute Gasteiger partial charge is 0.355 e. The van der Waals surface area contributed by atoms with Crippen LogP contribution in [0.1, 0.15) is 16.7 Å². The second-order valence-electron chi connectivity index (χ2n) is 6.61. The molecule has 1 aliphatic heterocycles. The molecule has 1 aliphatic rings. The number of nitrogens with one attached hydrogen (secondary N) is 2. The Morgan fingerprint density at radius 3 is 2.75 bits per heavy atom. The van der Waals surface area contributed by atoms with E-state index in [1.54, 1.807) is 0 Å². The van der Waals surface area contributed by atoms with E-state index in [9.17, 15) is 0 Å². The number of piperazine rings is 1. The Balaban J connectivity index is 0.00000288. The third kappa shape index (κ3) is 6.85. The molecule has 0 saturated carbocycles. The van der Waals surface area contributed by atoms with Gasteiger partial charge in [-0.3, -0.25) is 9.89 Å². The molecule has 24 heavy (non-hydrogen) atoms. The lowest BCUT2D eigenvalue weighted by atomic mass is 10.2. The summed E-state index contributed by atoms with van der Waals surface area (Å²) in [7, 11) is 6.24. The minimum absolute atomic E-state index is 0. The summed E-state index contributed by atoms with van der Waals surface area (Å²) < 4.78 is 0. The van der Waals surface area contributed by atoms with Crippen molar-refractivity contribution >= 4 is 41.3 Å². The number of halogens is 1. The second-order valence-corrected chi connectivity index (χ2v) is 7.98. The van der Waals surface area contributed by atoms with Crippen molar-refractivity contribution in [2.45, 2.75) is 32.4 Å². The molecule has 2 atom stereocenters. The van der Waals surface area contributed by atoms with Gasteiger partial charge in [0.05, 0.1) is 0 Å². The van der Waals surface area contributed by atoms with Gasteiger partial charge in [-0.15, -0.1) is 35.3 Å². The van der Waals surface area contributed by atoms with E-state index in [2.05, 4.69) is 65.5 Å². The van der Waals surface area contributed by atoms with Crippen LogP contribution in [0.3, 0.4) is 0 Å². The van der Waals surface area contributed by atoms with Gasteiger partial charge in [0.25, 0.3) is 0 Å². The Kier molecular flexibility index (Phi) is 9.54. The number of guanidine groups is 1. The van der Waals surface area contributed by atoms with E-state index in [4.69, 9.17) is 0 Å². The zero-order valence-electron chi connectivity index (χ0n) is 15.5. The Labute approximate surface area is 167 Å². The third-order valence-corrected chi connectivity index (χ3v) is 5.42. The average molecular weight is 465 g/mol. The van der Waals surface area contributed by atoms with E-state index in [-0.39, 0.29) is 24.0 Å². The van der Waals surface area contributed by atoms with E-state index in [1.807, 2.05) is 18.4 Å². The maximum absolute atomic E-state index is 4.37. The van der Waals surface area contributed by atoms with Crippen molar-refractivity contribution in [1.29, 1.82) is 0 Å². The molecular formula is C17H32IN5S. The van der Waals surface area contributed by atoms with Gasteiger partial charge < -0.3 is 15.5 Å². The Hall–Kier alpha value is -0.380. The molecule has 2 heterocycles. The fourth-order valence-electron chi connectivity index (χ4n) is 2.91. The van der Waals surface area contributed by atoms with Gasteiger partial charge in [-0.2, -0.15) is 0 Å². The molecule has 0 aromatic carbocycles. The van der Waals surface area contributed by atoms with E-state index in [0.29, 0.717) is 12.1 Å². The molecule has 1 aromatic rings. The molecular weight excluding hydrogens is 433 g/mol. The summed E-state index contributed by atoms with van der Waals surface area (Å²) in [6.45, 7) is 8.67. The molecule has 5 nitrogen and oxygen atoms in total. The van der Waals surface area contributed by atoms with Gasteiger partial charge in [0.1, 0.15) is 0 Å². The molecule has 0 radical (unpaired) electrons. The normalized spacial score (nSPS) is 21.2. The first-order valence-electron chi connectivity index (χ1n) is 8.39. The summed E-state index contributed by atoms with van der Waals surface area (Å²) in [5.74, 6) is 0.896. The lowest BCUT2D eigenvalue weighted by Gasteiger charge is -2.38. The van der Waals surface area contributed by atoms with E-state index >= 15 is 0 Å². The molecule has 1 saturated heterocycles. The molecule has 2 unspecified atom stereocenters. The van der Waals surface area contributed by atoms with Crippen LogP contribution < -0.4 is 10.6 Å². The van der Waals surface area contributed by atoms with E-state index in [0.717, 1.165) is 38.6 Å². The monoisotopic (exact) mass is 465 g/mol. The molecule has 2 rings (SSSR count). The zero-order valence-corrected chi connectivity index (χ0v) is 18.6. The van der Waals surface area contributed by atoms with E-state index < -0.39 is 0 Å². The Bertz CT molecular complexity index is 519. The highest BCUT2D eigenvalue weighted by atomic mass is 127. The molecule has 0 spiro atoms. The number of aryl methyl sites for hydroxylation is 1. The lowest BCUT2D eigenvalue weighted by Crippen LogP contribution is -2.56. The van der Waals surface area contributed by atoms with Crippen LogP contribution in [0.15, 0.2) is 17.1 Å². The van der Waals surface area contributed by atoms with Gasteiger partial charge in [0.2, 0.25) is 0 Å². The van der Waals surface area contributed by atoms with Crippen LogP contribution >= 0.6 is 35.3 Å². The second kappa shape index (κ2) is 10.6. The predicted molar refractivity (Wildman–Crippen MR) is 116 cm³/mol. The van der Waals surface area contributed by atoms with Crippen LogP contribution in [0.5, 0.6) is 0 Å². The first kappa shape index (κ1) is 21.7. The van der Waals surface area contributed by atoms with Gasteiger partial charge in [0, 0.05) is 61.5 Å². The smallest absolute Gasteiger partial charge is 0.191 e. The minimum atomic E-state index is 0. The summed E-state index contributed by atoms with van der Waals surface area (Å²) in [6, 6.07) is 5.31. The Morgan fingerprint density at radius 2 is 2.12 bits per heavy atom. The van der Waals surface area contributed by atoms with Crippen LogP contribution in [0.4, 0.5) is 0 Å². The van der Waals surface area contributed by atoms with Gasteiger partial charge >= 0.3 is 0 Å². The number of nitrogens with zero attached hydrogens (tertiary/aromatic N) is 3. The summed E-state index contributed by atoms with van der Waals surface area (Å²) in [5, 5.41) is 6.99. The summed E-state index contributed by atoms with van der Waals surface area (Å²) in [6.07, 6.45) is 1.03. The van der Waals surface area contributed by atoms with Crippen molar-refractivity contribution < 1.29 is 0 Å². The van der Waals surface area contributed by atoms with Gasteiger partial charge in [-0.05, 0) is 40.1 Å². The van der Waals surface area contributed by atoms with Crippen LogP contribution in [0.2, 0.25) is 0 Å². The average Bonchev–Trinajstić information content (AvgIpc) is 2.91. The van der Waals surface area contributed by atoms with Crippen molar-refractivity contribution in [1.82, 2.24) is 20.4 Å². The van der Waals surface area contributed by atoms with Crippen molar-refractivity contribution in [2.75, 3.05) is 47.3 Å². The first-order chi connectivity index (χ1) is 11.0. The van der Waals surface area contributed by atoms with E-state index in [1.165, 1.54) is 9.75 Å². The summed E-state index contributed by atoms with van der Waals surface area (Å²) in [4.78, 5) is 12.0. The highest BCUT2D eigenvalue weighted by Gasteiger charge is 2.22. The van der Waals surface area contributed by atoms with Crippen LogP contribution in [-0.4, -0.2) is 75.2 Å². The van der Waals surface area contributed by atoms with Crippen LogP contribution in [0.25, 0.3) is 0 Å². The highest BCUT2D eigenvalue weighted by molar-refractivity contribution is 14.0. The molecule has 0 bridgehead atoms. The maximum Gasteiger partial charge on any atom is 0.191 e. The molecule has 7 heteroatoms. The predicted octanol–water partition coefficient (Wildman–Crippen LogP) is 2.02. The first-order valence-corrected chi connectivity index (χ1v) is 9.21. The minimum Gasteiger partial charge on any atom is -0.355 e. The van der Waals surface area contributed by atoms with Crippen molar-refractivity contribution in [3.63, 3.8) is 0 Å². The zero-order chi connectivity index (χ0) is 16.8. The Morgan fingerprint density at radius 1 is 1.38 bits per heavy atom. The molecule has 138 valence electrons. The molecule has 1 aromatic heterocycles. The number of likely N-dealkylation sites (N-methyl/N-ethyl adjacent to an activating group) is 2. The van der Waals surface area contributed by atoms with Crippen LogP contribution in [-0.2, 0) is 6.42 Å². The number of aliphatic imine (C=N–C) groups is 1. The number of thiophene rings is 1. The molecule has 2 N–H and O–H groups in total. The molecule has 0 amide bonds. The topological polar surface area (TPSA) is 42.9 Å². The standard InChI is InChI=1S/C17H31N5S.HI/c1-13(10-16-7-6-14(2)23-16)20-17(18-3)19-11-15-12-21(4)8-9-22(15)5;/h6-7,13,15H,8-12H2,1-5H3,(H2,18,19,20);1H. The highest BCUT2D eigenvalue weighted by Crippen LogP contribution is 2.16.